The number of aryl methyl sites for hydroxylation is 1. The van der Waals surface area contributed by atoms with Crippen LogP contribution in [0.2, 0.25) is 0 Å². The third-order valence-corrected chi connectivity index (χ3v) is 6.36. The summed E-state index contributed by atoms with van der Waals surface area (Å²) < 4.78 is 2.01. The maximum absolute atomic E-state index is 4.59. The standard InChI is InChI=1S/C24H28N4/c1-19-6-2-5-9-24(19)28-18-20(16-25-28)17-26-10-12-27(13-11-26)23-14-21-7-3-4-8-22(21)15-23/h2-9,16,18,23H,10-15,17H2,1H3. The molecule has 3 aromatic rings. The van der Waals surface area contributed by atoms with Gasteiger partial charge < -0.3 is 0 Å². The molecule has 5 rings (SSSR count). The third-order valence-electron chi connectivity index (χ3n) is 6.36. The maximum Gasteiger partial charge on any atom is 0.0674 e. The van der Waals surface area contributed by atoms with Crippen molar-refractivity contribution in [3.8, 4) is 5.69 Å². The smallest absolute Gasteiger partial charge is 0.0674 e. The van der Waals surface area contributed by atoms with Crippen LogP contribution in [0.4, 0.5) is 0 Å². The third kappa shape index (κ3) is 3.50. The van der Waals surface area contributed by atoms with Crippen molar-refractivity contribution in [1.82, 2.24) is 19.6 Å². The van der Waals surface area contributed by atoms with Gasteiger partial charge in [-0.25, -0.2) is 4.68 Å². The SMILES string of the molecule is Cc1ccccc1-n1cc(CN2CCN(C3Cc4ccccc4C3)CC2)cn1. The number of benzene rings is 2. The molecule has 1 fully saturated rings. The Morgan fingerprint density at radius 3 is 2.29 bits per heavy atom. The van der Waals surface area contributed by atoms with Gasteiger partial charge in [-0.15, -0.1) is 0 Å². The Morgan fingerprint density at radius 2 is 1.57 bits per heavy atom. The van der Waals surface area contributed by atoms with Crippen LogP contribution in [-0.2, 0) is 19.4 Å². The number of nitrogens with zero attached hydrogens (tertiary/aromatic N) is 4. The molecule has 0 unspecified atom stereocenters. The molecule has 144 valence electrons. The first-order valence-electron chi connectivity index (χ1n) is 10.4. The van der Waals surface area contributed by atoms with Crippen LogP contribution in [0, 0.1) is 6.92 Å². The van der Waals surface area contributed by atoms with Crippen LogP contribution < -0.4 is 0 Å². The summed E-state index contributed by atoms with van der Waals surface area (Å²) in [4.78, 5) is 5.27. The fourth-order valence-electron chi connectivity index (χ4n) is 4.73. The molecule has 1 aromatic heterocycles. The largest absolute Gasteiger partial charge is 0.297 e. The number of para-hydroxylation sites is 1. The van der Waals surface area contributed by atoms with Crippen LogP contribution in [0.3, 0.4) is 0 Å². The summed E-state index contributed by atoms with van der Waals surface area (Å²) in [5, 5.41) is 4.59. The van der Waals surface area contributed by atoms with E-state index < -0.39 is 0 Å². The summed E-state index contributed by atoms with van der Waals surface area (Å²) in [5.74, 6) is 0. The summed E-state index contributed by atoms with van der Waals surface area (Å²) >= 11 is 0. The van der Waals surface area contributed by atoms with Crippen LogP contribution in [-0.4, -0.2) is 51.8 Å². The second kappa shape index (κ2) is 7.53. The molecule has 0 N–H and O–H groups in total. The zero-order valence-corrected chi connectivity index (χ0v) is 16.6. The van der Waals surface area contributed by atoms with E-state index in [1.807, 2.05) is 10.9 Å². The van der Waals surface area contributed by atoms with Crippen LogP contribution >= 0.6 is 0 Å². The molecule has 2 heterocycles. The lowest BCUT2D eigenvalue weighted by atomic mass is 10.1. The quantitative estimate of drug-likeness (QED) is 0.701. The van der Waals surface area contributed by atoms with Crippen LogP contribution in [0.25, 0.3) is 5.69 Å². The van der Waals surface area contributed by atoms with E-state index in [1.165, 1.54) is 42.7 Å². The van der Waals surface area contributed by atoms with Crippen molar-refractivity contribution >= 4 is 0 Å². The van der Waals surface area contributed by atoms with E-state index in [0.29, 0.717) is 6.04 Å². The molecule has 1 aliphatic carbocycles. The summed E-state index contributed by atoms with van der Waals surface area (Å²) in [5.41, 5.74) is 6.82. The Morgan fingerprint density at radius 1 is 0.893 bits per heavy atom. The molecule has 1 saturated heterocycles. The van der Waals surface area contributed by atoms with E-state index in [9.17, 15) is 0 Å². The van der Waals surface area contributed by atoms with Crippen molar-refractivity contribution in [2.75, 3.05) is 26.2 Å². The fourth-order valence-corrected chi connectivity index (χ4v) is 4.73. The Labute approximate surface area is 167 Å². The molecule has 2 aromatic carbocycles. The van der Waals surface area contributed by atoms with Crippen LogP contribution in [0.5, 0.6) is 0 Å². The van der Waals surface area contributed by atoms with Gasteiger partial charge in [0, 0.05) is 50.5 Å². The average molecular weight is 373 g/mol. The molecule has 0 spiro atoms. The number of piperazine rings is 1. The molecule has 0 atom stereocenters. The molecule has 0 radical (unpaired) electrons. The molecule has 0 bridgehead atoms. The van der Waals surface area contributed by atoms with Crippen LogP contribution in [0.15, 0.2) is 60.9 Å². The summed E-state index contributed by atoms with van der Waals surface area (Å²) in [6.45, 7) is 7.75. The Hall–Kier alpha value is -2.43. The highest BCUT2D eigenvalue weighted by Gasteiger charge is 2.29. The van der Waals surface area contributed by atoms with Crippen molar-refractivity contribution in [3.63, 3.8) is 0 Å². The number of aromatic nitrogens is 2. The first-order chi connectivity index (χ1) is 13.8. The van der Waals surface area contributed by atoms with E-state index >= 15 is 0 Å². The molecule has 0 saturated carbocycles. The van der Waals surface area contributed by atoms with Gasteiger partial charge >= 0.3 is 0 Å². The highest BCUT2D eigenvalue weighted by atomic mass is 15.3. The predicted octanol–water partition coefficient (Wildman–Crippen LogP) is 3.47. The normalized spacial score (nSPS) is 18.5. The number of hydrogen-bond acceptors (Lipinski definition) is 3. The van der Waals surface area contributed by atoms with Crippen molar-refractivity contribution in [2.24, 2.45) is 0 Å². The van der Waals surface area contributed by atoms with E-state index in [1.54, 1.807) is 11.1 Å². The van der Waals surface area contributed by atoms with Crippen LogP contribution in [0.1, 0.15) is 22.3 Å². The summed E-state index contributed by atoms with van der Waals surface area (Å²) in [6.07, 6.45) is 6.65. The van der Waals surface area contributed by atoms with Crippen molar-refractivity contribution in [3.05, 3.63) is 83.2 Å². The monoisotopic (exact) mass is 372 g/mol. The topological polar surface area (TPSA) is 24.3 Å². The second-order valence-corrected chi connectivity index (χ2v) is 8.22. The van der Waals surface area contributed by atoms with Crippen molar-refractivity contribution in [2.45, 2.75) is 32.4 Å². The van der Waals surface area contributed by atoms with E-state index in [0.717, 1.165) is 19.6 Å². The Kier molecular flexibility index (Phi) is 4.75. The van der Waals surface area contributed by atoms with E-state index in [2.05, 4.69) is 76.6 Å². The Bertz CT molecular complexity index is 927. The van der Waals surface area contributed by atoms with Gasteiger partial charge in [0.25, 0.3) is 0 Å². The van der Waals surface area contributed by atoms with Crippen molar-refractivity contribution < 1.29 is 0 Å². The second-order valence-electron chi connectivity index (χ2n) is 8.22. The Balaban J connectivity index is 1.17. The van der Waals surface area contributed by atoms with Gasteiger partial charge in [0.2, 0.25) is 0 Å². The summed E-state index contributed by atoms with van der Waals surface area (Å²) in [6, 6.07) is 18.1. The van der Waals surface area contributed by atoms with Gasteiger partial charge in [-0.05, 0) is 42.5 Å². The molecular formula is C24H28N4. The van der Waals surface area contributed by atoms with Gasteiger partial charge in [-0.1, -0.05) is 42.5 Å². The lowest BCUT2D eigenvalue weighted by molar-refractivity contribution is 0.0949. The minimum absolute atomic E-state index is 0.698. The average Bonchev–Trinajstić information content (AvgIpc) is 3.36. The molecule has 0 amide bonds. The lowest BCUT2D eigenvalue weighted by Crippen LogP contribution is -2.50. The zero-order valence-electron chi connectivity index (χ0n) is 16.6. The molecule has 4 nitrogen and oxygen atoms in total. The number of hydrogen-bond donors (Lipinski definition) is 0. The van der Waals surface area contributed by atoms with Gasteiger partial charge in [0.15, 0.2) is 0 Å². The number of fused-ring (bicyclic) bond motifs is 1. The maximum atomic E-state index is 4.59. The predicted molar refractivity (Wildman–Crippen MR) is 113 cm³/mol. The van der Waals surface area contributed by atoms with E-state index in [-0.39, 0.29) is 0 Å². The lowest BCUT2D eigenvalue weighted by Gasteiger charge is -2.37. The molecule has 2 aliphatic rings. The number of rotatable bonds is 4. The molecule has 4 heteroatoms. The highest BCUT2D eigenvalue weighted by molar-refractivity contribution is 5.39. The zero-order chi connectivity index (χ0) is 18.9. The van der Waals surface area contributed by atoms with Crippen molar-refractivity contribution in [1.29, 1.82) is 0 Å². The van der Waals surface area contributed by atoms with Gasteiger partial charge in [0.05, 0.1) is 11.9 Å². The molecule has 28 heavy (non-hydrogen) atoms. The summed E-state index contributed by atoms with van der Waals surface area (Å²) in [7, 11) is 0. The first-order valence-corrected chi connectivity index (χ1v) is 10.4. The van der Waals surface area contributed by atoms with E-state index in [4.69, 9.17) is 0 Å². The van der Waals surface area contributed by atoms with Gasteiger partial charge in [-0.3, -0.25) is 9.80 Å². The highest BCUT2D eigenvalue weighted by Crippen LogP contribution is 2.26. The minimum Gasteiger partial charge on any atom is -0.297 e. The molecular weight excluding hydrogens is 344 g/mol. The molecule has 1 aliphatic heterocycles. The van der Waals surface area contributed by atoms with Gasteiger partial charge in [-0.2, -0.15) is 5.10 Å². The first kappa shape index (κ1) is 17.7. The fraction of sp³-hybridized carbons (Fsp3) is 0.375. The minimum atomic E-state index is 0.698. The van der Waals surface area contributed by atoms with Gasteiger partial charge in [0.1, 0.15) is 0 Å².